The van der Waals surface area contributed by atoms with Crippen molar-refractivity contribution in [3.8, 4) is 0 Å². The van der Waals surface area contributed by atoms with Gasteiger partial charge >= 0.3 is 0 Å². The lowest BCUT2D eigenvalue weighted by Gasteiger charge is -2.37. The first-order valence-electron chi connectivity index (χ1n) is 5.92. The van der Waals surface area contributed by atoms with Crippen LogP contribution in [0.1, 0.15) is 47.0 Å². The van der Waals surface area contributed by atoms with Crippen LogP contribution in [-0.4, -0.2) is 0 Å². The fraction of sp³-hybridized carbons (Fsp3) is 0.786. The highest BCUT2D eigenvalue weighted by molar-refractivity contribution is 5.03. The SMILES string of the molecule is C=C=C(C)C(CC1CCC1C)C(C)C. The smallest absolute Gasteiger partial charge is 0.0104 e. The molecular formula is C14H24. The molecule has 0 aromatic heterocycles. The second-order valence-electron chi connectivity index (χ2n) is 5.26. The van der Waals surface area contributed by atoms with E-state index in [0.29, 0.717) is 5.92 Å². The first kappa shape index (κ1) is 11.6. The predicted molar refractivity (Wildman–Crippen MR) is 63.2 cm³/mol. The summed E-state index contributed by atoms with van der Waals surface area (Å²) in [4.78, 5) is 0. The summed E-state index contributed by atoms with van der Waals surface area (Å²) >= 11 is 0. The van der Waals surface area contributed by atoms with Gasteiger partial charge in [-0.25, -0.2) is 0 Å². The standard InChI is InChI=1S/C14H24/c1-6-11(4)14(10(2)3)9-13-8-7-12(13)5/h10,12-14H,1,7-9H2,2-5H3. The van der Waals surface area contributed by atoms with E-state index in [2.05, 4.69) is 40.0 Å². The molecule has 0 radical (unpaired) electrons. The van der Waals surface area contributed by atoms with Crippen molar-refractivity contribution in [2.45, 2.75) is 47.0 Å². The van der Waals surface area contributed by atoms with Gasteiger partial charge < -0.3 is 0 Å². The largest absolute Gasteiger partial charge is 0.130 e. The van der Waals surface area contributed by atoms with Crippen molar-refractivity contribution < 1.29 is 0 Å². The molecule has 0 N–H and O–H groups in total. The van der Waals surface area contributed by atoms with Crippen LogP contribution < -0.4 is 0 Å². The topological polar surface area (TPSA) is 0 Å². The molecule has 0 saturated heterocycles. The van der Waals surface area contributed by atoms with Gasteiger partial charge in [0, 0.05) is 0 Å². The minimum atomic E-state index is 0.709. The highest BCUT2D eigenvalue weighted by atomic mass is 14.4. The molecule has 0 aliphatic heterocycles. The summed E-state index contributed by atoms with van der Waals surface area (Å²) in [6.45, 7) is 13.0. The molecule has 3 unspecified atom stereocenters. The molecule has 1 fully saturated rings. The lowest BCUT2D eigenvalue weighted by molar-refractivity contribution is 0.152. The minimum Gasteiger partial charge on any atom is -0.130 e. The number of hydrogen-bond donors (Lipinski definition) is 0. The Morgan fingerprint density at radius 1 is 1.43 bits per heavy atom. The van der Waals surface area contributed by atoms with Crippen LogP contribution in [0, 0.1) is 23.7 Å². The van der Waals surface area contributed by atoms with Crippen LogP contribution in [0.3, 0.4) is 0 Å². The van der Waals surface area contributed by atoms with Crippen LogP contribution in [0.25, 0.3) is 0 Å². The molecule has 0 nitrogen and oxygen atoms in total. The van der Waals surface area contributed by atoms with Crippen LogP contribution in [0.2, 0.25) is 0 Å². The summed E-state index contributed by atoms with van der Waals surface area (Å²) in [5, 5.41) is 0. The second-order valence-corrected chi connectivity index (χ2v) is 5.26. The van der Waals surface area contributed by atoms with Gasteiger partial charge in [0.05, 0.1) is 0 Å². The molecule has 0 heteroatoms. The third kappa shape index (κ3) is 2.51. The Balaban J connectivity index is 2.56. The average molecular weight is 192 g/mol. The van der Waals surface area contributed by atoms with Gasteiger partial charge in [-0.1, -0.05) is 33.8 Å². The monoisotopic (exact) mass is 192 g/mol. The Morgan fingerprint density at radius 3 is 2.36 bits per heavy atom. The van der Waals surface area contributed by atoms with Gasteiger partial charge in [-0.05, 0) is 49.0 Å². The van der Waals surface area contributed by atoms with Crippen LogP contribution in [0.15, 0.2) is 17.9 Å². The average Bonchev–Trinajstić information content (AvgIpc) is 2.14. The first-order valence-corrected chi connectivity index (χ1v) is 5.92. The van der Waals surface area contributed by atoms with E-state index < -0.39 is 0 Å². The normalized spacial score (nSPS) is 28.1. The third-order valence-corrected chi connectivity index (χ3v) is 3.99. The Bertz CT molecular complexity index is 230. The van der Waals surface area contributed by atoms with E-state index in [4.69, 9.17) is 0 Å². The summed E-state index contributed by atoms with van der Waals surface area (Å²) in [7, 11) is 0. The fourth-order valence-corrected chi connectivity index (χ4v) is 2.49. The van der Waals surface area contributed by atoms with Crippen LogP contribution in [0.4, 0.5) is 0 Å². The van der Waals surface area contributed by atoms with Gasteiger partial charge in [0.25, 0.3) is 0 Å². The van der Waals surface area contributed by atoms with Crippen molar-refractivity contribution in [2.24, 2.45) is 23.7 Å². The zero-order valence-corrected chi connectivity index (χ0v) is 10.1. The van der Waals surface area contributed by atoms with Crippen LogP contribution in [0.5, 0.6) is 0 Å². The lowest BCUT2D eigenvalue weighted by atomic mass is 9.68. The maximum Gasteiger partial charge on any atom is -0.0104 e. The van der Waals surface area contributed by atoms with Gasteiger partial charge in [0.1, 0.15) is 0 Å². The van der Waals surface area contributed by atoms with Gasteiger partial charge in [0.15, 0.2) is 0 Å². The molecule has 1 aliphatic carbocycles. The first-order chi connectivity index (χ1) is 6.56. The highest BCUT2D eigenvalue weighted by Crippen LogP contribution is 2.41. The summed E-state index contributed by atoms with van der Waals surface area (Å²) in [6, 6.07) is 0. The van der Waals surface area contributed by atoms with Gasteiger partial charge in [-0.15, -0.1) is 5.73 Å². The van der Waals surface area contributed by atoms with Crippen molar-refractivity contribution in [3.05, 3.63) is 17.9 Å². The van der Waals surface area contributed by atoms with E-state index in [1.165, 1.54) is 24.8 Å². The number of rotatable bonds is 4. The summed E-state index contributed by atoms with van der Waals surface area (Å²) in [6.07, 6.45) is 4.23. The fourth-order valence-electron chi connectivity index (χ4n) is 2.49. The number of hydrogen-bond acceptors (Lipinski definition) is 0. The van der Waals surface area contributed by atoms with E-state index in [-0.39, 0.29) is 0 Å². The van der Waals surface area contributed by atoms with E-state index in [1.807, 2.05) is 0 Å². The molecule has 80 valence electrons. The van der Waals surface area contributed by atoms with E-state index in [1.54, 1.807) is 0 Å². The van der Waals surface area contributed by atoms with Crippen molar-refractivity contribution in [2.75, 3.05) is 0 Å². The maximum absolute atomic E-state index is 3.77. The van der Waals surface area contributed by atoms with Gasteiger partial charge in [-0.3, -0.25) is 0 Å². The molecule has 3 atom stereocenters. The lowest BCUT2D eigenvalue weighted by Crippen LogP contribution is -2.27. The van der Waals surface area contributed by atoms with E-state index in [9.17, 15) is 0 Å². The summed E-state index contributed by atoms with van der Waals surface area (Å²) in [5.74, 6) is 3.36. The molecule has 1 rings (SSSR count). The Labute approximate surface area is 89.1 Å². The highest BCUT2D eigenvalue weighted by Gasteiger charge is 2.30. The summed E-state index contributed by atoms with van der Waals surface area (Å²) < 4.78 is 0. The molecule has 0 bridgehead atoms. The second kappa shape index (κ2) is 4.84. The van der Waals surface area contributed by atoms with Crippen LogP contribution >= 0.6 is 0 Å². The zero-order chi connectivity index (χ0) is 10.7. The third-order valence-electron chi connectivity index (χ3n) is 3.99. The van der Waals surface area contributed by atoms with Crippen molar-refractivity contribution in [3.63, 3.8) is 0 Å². The van der Waals surface area contributed by atoms with E-state index in [0.717, 1.165) is 17.8 Å². The van der Waals surface area contributed by atoms with Crippen molar-refractivity contribution in [1.82, 2.24) is 0 Å². The molecule has 0 aromatic rings. The molecule has 1 saturated carbocycles. The maximum atomic E-state index is 3.77. The van der Waals surface area contributed by atoms with Gasteiger partial charge in [-0.2, -0.15) is 0 Å². The molecule has 14 heavy (non-hydrogen) atoms. The molecule has 0 aromatic carbocycles. The molecule has 0 amide bonds. The van der Waals surface area contributed by atoms with Crippen molar-refractivity contribution in [1.29, 1.82) is 0 Å². The van der Waals surface area contributed by atoms with Gasteiger partial charge in [0.2, 0.25) is 0 Å². The number of allylic oxidation sites excluding steroid dienone is 1. The molecule has 0 spiro atoms. The Kier molecular flexibility index (Phi) is 4.01. The zero-order valence-electron chi connectivity index (χ0n) is 10.1. The van der Waals surface area contributed by atoms with E-state index >= 15 is 0 Å². The summed E-state index contributed by atoms with van der Waals surface area (Å²) in [5.41, 5.74) is 4.44. The minimum absolute atomic E-state index is 0.709. The Morgan fingerprint density at radius 2 is 2.07 bits per heavy atom. The molecule has 0 heterocycles. The molecular weight excluding hydrogens is 168 g/mol. The quantitative estimate of drug-likeness (QED) is 0.578. The Hall–Kier alpha value is -0.480. The predicted octanol–water partition coefficient (Wildman–Crippen LogP) is 4.43. The van der Waals surface area contributed by atoms with Crippen LogP contribution in [-0.2, 0) is 0 Å². The molecule has 1 aliphatic rings. The van der Waals surface area contributed by atoms with Crippen molar-refractivity contribution >= 4 is 0 Å².